The molecule has 1 fully saturated rings. The maximum Gasteiger partial charge on any atom is 0.433 e. The van der Waals surface area contributed by atoms with Crippen molar-refractivity contribution in [3.05, 3.63) is 29.8 Å². The minimum absolute atomic E-state index is 0.176. The fourth-order valence-electron chi connectivity index (χ4n) is 2.26. The van der Waals surface area contributed by atoms with Crippen molar-refractivity contribution in [3.63, 3.8) is 0 Å². The van der Waals surface area contributed by atoms with Gasteiger partial charge in [0.2, 0.25) is 0 Å². The SMILES string of the molecule is COc1ccc(C2N(C)OC(F)(F)C2(F)C(F)(F)F)cc1. The lowest BCUT2D eigenvalue weighted by atomic mass is 9.89. The third-order valence-electron chi connectivity index (χ3n) is 3.27. The van der Waals surface area contributed by atoms with E-state index in [1.54, 1.807) is 0 Å². The van der Waals surface area contributed by atoms with Crippen molar-refractivity contribution in [3.8, 4) is 5.75 Å². The van der Waals surface area contributed by atoms with E-state index >= 15 is 0 Å². The lowest BCUT2D eigenvalue weighted by Gasteiger charge is -2.31. The number of alkyl halides is 6. The van der Waals surface area contributed by atoms with Gasteiger partial charge in [0.25, 0.3) is 0 Å². The molecule has 0 saturated carbocycles. The van der Waals surface area contributed by atoms with Crippen LogP contribution in [0.25, 0.3) is 0 Å². The van der Waals surface area contributed by atoms with E-state index in [0.29, 0.717) is 5.75 Å². The van der Waals surface area contributed by atoms with E-state index < -0.39 is 24.0 Å². The molecule has 118 valence electrons. The number of rotatable bonds is 2. The third kappa shape index (κ3) is 2.24. The van der Waals surface area contributed by atoms with Gasteiger partial charge < -0.3 is 4.74 Å². The first-order valence-electron chi connectivity index (χ1n) is 5.74. The molecule has 1 heterocycles. The maximum absolute atomic E-state index is 14.3. The zero-order valence-corrected chi connectivity index (χ0v) is 10.9. The zero-order chi connectivity index (χ0) is 16.1. The molecule has 1 saturated heterocycles. The molecule has 0 spiro atoms. The monoisotopic (exact) mass is 315 g/mol. The van der Waals surface area contributed by atoms with Gasteiger partial charge in [-0.2, -0.15) is 27.0 Å². The van der Waals surface area contributed by atoms with Crippen LogP contribution in [-0.2, 0) is 4.84 Å². The van der Waals surface area contributed by atoms with Gasteiger partial charge in [-0.25, -0.2) is 9.23 Å². The van der Waals surface area contributed by atoms with Crippen molar-refractivity contribution in [2.24, 2.45) is 0 Å². The van der Waals surface area contributed by atoms with Crippen molar-refractivity contribution in [1.29, 1.82) is 0 Å². The Kier molecular flexibility index (Phi) is 3.61. The molecule has 1 aliphatic rings. The molecular formula is C12H11F6NO2. The van der Waals surface area contributed by atoms with E-state index in [9.17, 15) is 26.3 Å². The second kappa shape index (κ2) is 4.77. The number of hydroxylamine groups is 2. The standard InChI is InChI=1S/C12H11F6NO2/c1-19-9(7-3-5-8(20-2)6-4-7)10(13,11(14,15)16)12(17,18)21-19/h3-6,9H,1-2H3. The lowest BCUT2D eigenvalue weighted by Crippen LogP contribution is -2.55. The molecule has 0 aliphatic carbocycles. The van der Waals surface area contributed by atoms with E-state index in [4.69, 9.17) is 4.74 Å². The van der Waals surface area contributed by atoms with Gasteiger partial charge in [-0.05, 0) is 17.7 Å². The number of halogens is 6. The summed E-state index contributed by atoms with van der Waals surface area (Å²) in [4.78, 5) is 3.79. The Morgan fingerprint density at radius 1 is 1.14 bits per heavy atom. The highest BCUT2D eigenvalue weighted by atomic mass is 19.4. The fourth-order valence-corrected chi connectivity index (χ4v) is 2.26. The summed E-state index contributed by atoms with van der Waals surface area (Å²) in [5.41, 5.74) is -5.17. The molecule has 0 amide bonds. The average molecular weight is 315 g/mol. The molecule has 1 aromatic rings. The summed E-state index contributed by atoms with van der Waals surface area (Å²) in [5.74, 6) is 0.295. The predicted molar refractivity (Wildman–Crippen MR) is 59.4 cm³/mol. The van der Waals surface area contributed by atoms with Crippen LogP contribution in [0.2, 0.25) is 0 Å². The van der Waals surface area contributed by atoms with Crippen molar-refractivity contribution in [2.45, 2.75) is 24.0 Å². The number of methoxy groups -OCH3 is 1. The second-order valence-corrected chi connectivity index (χ2v) is 4.54. The summed E-state index contributed by atoms with van der Waals surface area (Å²) >= 11 is 0. The maximum atomic E-state index is 14.3. The van der Waals surface area contributed by atoms with Crippen LogP contribution in [0.5, 0.6) is 5.75 Å². The van der Waals surface area contributed by atoms with E-state index in [2.05, 4.69) is 4.84 Å². The number of ether oxygens (including phenoxy) is 1. The first-order valence-corrected chi connectivity index (χ1v) is 5.74. The summed E-state index contributed by atoms with van der Waals surface area (Å²) in [6.07, 6.45) is -10.8. The highest BCUT2D eigenvalue weighted by molar-refractivity contribution is 5.32. The Labute approximate surface area is 116 Å². The number of hydrogen-bond acceptors (Lipinski definition) is 3. The molecule has 0 radical (unpaired) electrons. The normalized spacial score (nSPS) is 29.6. The highest BCUT2D eigenvalue weighted by Crippen LogP contribution is 2.59. The van der Waals surface area contributed by atoms with Crippen LogP contribution in [0.3, 0.4) is 0 Å². The van der Waals surface area contributed by atoms with Crippen molar-refractivity contribution >= 4 is 0 Å². The molecule has 0 N–H and O–H groups in total. The van der Waals surface area contributed by atoms with E-state index in [1.807, 2.05) is 0 Å². The topological polar surface area (TPSA) is 21.7 Å². The predicted octanol–water partition coefficient (Wildman–Crippen LogP) is 3.48. The first-order chi connectivity index (χ1) is 9.54. The number of benzene rings is 1. The molecule has 3 nitrogen and oxygen atoms in total. The summed E-state index contributed by atoms with van der Waals surface area (Å²) in [6.45, 7) is 0. The van der Waals surface area contributed by atoms with Gasteiger partial charge in [-0.15, -0.1) is 0 Å². The van der Waals surface area contributed by atoms with Crippen LogP contribution in [0.4, 0.5) is 26.3 Å². The van der Waals surface area contributed by atoms with Crippen LogP contribution < -0.4 is 4.74 Å². The largest absolute Gasteiger partial charge is 0.497 e. The van der Waals surface area contributed by atoms with Gasteiger partial charge >= 0.3 is 18.0 Å². The number of nitrogens with zero attached hydrogens (tertiary/aromatic N) is 1. The minimum atomic E-state index is -5.81. The van der Waals surface area contributed by atoms with Gasteiger partial charge in [0.15, 0.2) is 0 Å². The van der Waals surface area contributed by atoms with Crippen molar-refractivity contribution in [2.75, 3.05) is 14.2 Å². The molecule has 1 aliphatic heterocycles. The van der Waals surface area contributed by atoms with Crippen LogP contribution in [0, 0.1) is 0 Å². The molecule has 1 aromatic carbocycles. The number of hydrogen-bond donors (Lipinski definition) is 0. The second-order valence-electron chi connectivity index (χ2n) is 4.54. The van der Waals surface area contributed by atoms with Crippen LogP contribution in [0.1, 0.15) is 11.6 Å². The molecule has 9 heteroatoms. The zero-order valence-electron chi connectivity index (χ0n) is 10.9. The van der Waals surface area contributed by atoms with Crippen LogP contribution in [0.15, 0.2) is 24.3 Å². The Bertz CT molecular complexity index is 517. The molecular weight excluding hydrogens is 304 g/mol. The van der Waals surface area contributed by atoms with E-state index in [-0.39, 0.29) is 10.6 Å². The minimum Gasteiger partial charge on any atom is -0.497 e. The van der Waals surface area contributed by atoms with E-state index in [1.165, 1.54) is 19.2 Å². The average Bonchev–Trinajstić information content (AvgIpc) is 2.56. The first kappa shape index (κ1) is 15.9. The Morgan fingerprint density at radius 3 is 2.10 bits per heavy atom. The Hall–Kier alpha value is -1.48. The smallest absolute Gasteiger partial charge is 0.433 e. The van der Waals surface area contributed by atoms with Crippen LogP contribution in [-0.4, -0.2) is 37.2 Å². The fraction of sp³-hybridized carbons (Fsp3) is 0.500. The van der Waals surface area contributed by atoms with Gasteiger partial charge in [0.1, 0.15) is 11.8 Å². The molecule has 2 atom stereocenters. The quantitative estimate of drug-likeness (QED) is 0.780. The molecule has 0 aromatic heterocycles. The van der Waals surface area contributed by atoms with Gasteiger partial charge in [0.05, 0.1) is 7.11 Å². The molecule has 21 heavy (non-hydrogen) atoms. The summed E-state index contributed by atoms with van der Waals surface area (Å²) in [6, 6.07) is 2.31. The Morgan fingerprint density at radius 2 is 1.67 bits per heavy atom. The van der Waals surface area contributed by atoms with Crippen molar-refractivity contribution < 1.29 is 35.9 Å². The molecule has 2 unspecified atom stereocenters. The van der Waals surface area contributed by atoms with Crippen LogP contribution >= 0.6 is 0 Å². The van der Waals surface area contributed by atoms with Crippen molar-refractivity contribution in [1.82, 2.24) is 5.06 Å². The summed E-state index contributed by atoms with van der Waals surface area (Å²) in [7, 11) is 2.14. The molecule has 0 bridgehead atoms. The third-order valence-corrected chi connectivity index (χ3v) is 3.27. The lowest BCUT2D eigenvalue weighted by molar-refractivity contribution is -0.370. The van der Waals surface area contributed by atoms with Gasteiger partial charge in [-0.1, -0.05) is 12.1 Å². The van der Waals surface area contributed by atoms with E-state index in [0.717, 1.165) is 19.2 Å². The summed E-state index contributed by atoms with van der Waals surface area (Å²) < 4.78 is 84.7. The van der Waals surface area contributed by atoms with Gasteiger partial charge in [-0.3, -0.25) is 0 Å². The van der Waals surface area contributed by atoms with Gasteiger partial charge in [0, 0.05) is 7.05 Å². The summed E-state index contributed by atoms with van der Waals surface area (Å²) in [5, 5.41) is 0.176. The highest BCUT2D eigenvalue weighted by Gasteiger charge is 2.81. The Balaban J connectivity index is 2.53. The molecule has 2 rings (SSSR count).